The van der Waals surface area contributed by atoms with Crippen LogP contribution in [0.5, 0.6) is 0 Å². The Morgan fingerprint density at radius 3 is 1.97 bits per heavy atom. The van der Waals surface area contributed by atoms with Crippen LogP contribution in [0, 0.1) is 6.92 Å². The topological polar surface area (TPSA) is 120 Å². The van der Waals surface area contributed by atoms with Gasteiger partial charge in [0, 0.05) is 37.9 Å². The third kappa shape index (κ3) is 8.32. The number of halogens is 6. The van der Waals surface area contributed by atoms with Gasteiger partial charge in [0.1, 0.15) is 0 Å². The molecular weight excluding hydrogens is 500 g/mol. The van der Waals surface area contributed by atoms with Crippen molar-refractivity contribution < 1.29 is 46.1 Å². The van der Waals surface area contributed by atoms with E-state index in [1.54, 1.807) is 0 Å². The number of pyridine rings is 1. The molecule has 2 aliphatic heterocycles. The van der Waals surface area contributed by atoms with Crippen molar-refractivity contribution in [1.82, 2.24) is 20.1 Å². The Morgan fingerprint density at radius 1 is 0.917 bits per heavy atom. The van der Waals surface area contributed by atoms with Crippen LogP contribution in [0.3, 0.4) is 0 Å². The number of alkyl halides is 6. The largest absolute Gasteiger partial charge is 0.490 e. The molecule has 2 aromatic rings. The number of aliphatic carboxylic acids is 2. The Kier molecular flexibility index (Phi) is 9.55. The molecule has 2 atom stereocenters. The minimum absolute atomic E-state index is 0.570. The fourth-order valence-electron chi connectivity index (χ4n) is 3.80. The highest BCUT2D eigenvalue weighted by Gasteiger charge is 2.43. The summed E-state index contributed by atoms with van der Waals surface area (Å²) in [6.45, 7) is 5.15. The van der Waals surface area contributed by atoms with Crippen molar-refractivity contribution in [3.8, 4) is 0 Å². The molecule has 15 heteroatoms. The van der Waals surface area contributed by atoms with Crippen molar-refractivity contribution in [3.05, 3.63) is 47.9 Å². The highest BCUT2D eigenvalue weighted by atomic mass is 19.4. The number of likely N-dealkylation sites (tertiary alicyclic amines) is 1. The van der Waals surface area contributed by atoms with Gasteiger partial charge in [-0.3, -0.25) is 9.88 Å². The maximum absolute atomic E-state index is 10.6. The molecule has 2 unspecified atom stereocenters. The number of carboxylic acids is 2. The predicted octanol–water partition coefficient (Wildman–Crippen LogP) is 3.30. The molecule has 36 heavy (non-hydrogen) atoms. The van der Waals surface area contributed by atoms with E-state index in [1.807, 2.05) is 19.2 Å². The lowest BCUT2D eigenvalue weighted by molar-refractivity contribution is -0.193. The molecule has 9 nitrogen and oxygen atoms in total. The van der Waals surface area contributed by atoms with Crippen LogP contribution in [0.1, 0.15) is 24.2 Å². The van der Waals surface area contributed by atoms with Gasteiger partial charge in [0.15, 0.2) is 5.82 Å². The third-order valence-electron chi connectivity index (χ3n) is 5.35. The predicted molar refractivity (Wildman–Crippen MR) is 113 cm³/mol. The van der Waals surface area contributed by atoms with Gasteiger partial charge in [0.05, 0.1) is 11.4 Å². The summed E-state index contributed by atoms with van der Waals surface area (Å²) in [5.74, 6) is -4.49. The molecule has 2 saturated heterocycles. The first-order chi connectivity index (χ1) is 16.7. The molecule has 198 valence electrons. The van der Waals surface area contributed by atoms with E-state index in [0.29, 0.717) is 12.1 Å². The Balaban J connectivity index is 0.000000271. The van der Waals surface area contributed by atoms with Crippen LogP contribution >= 0.6 is 0 Å². The smallest absolute Gasteiger partial charge is 0.475 e. The van der Waals surface area contributed by atoms with Gasteiger partial charge in [-0.05, 0) is 44.0 Å². The summed E-state index contributed by atoms with van der Waals surface area (Å²) in [5, 5.41) is 22.8. The number of fused-ring (bicyclic) bond motifs is 1. The highest BCUT2D eigenvalue weighted by molar-refractivity contribution is 5.73. The fourth-order valence-corrected chi connectivity index (χ4v) is 3.80. The minimum Gasteiger partial charge on any atom is -0.475 e. The first-order valence-corrected chi connectivity index (χ1v) is 10.5. The van der Waals surface area contributed by atoms with Crippen LogP contribution in [0.4, 0.5) is 32.2 Å². The van der Waals surface area contributed by atoms with Crippen molar-refractivity contribution in [3.63, 3.8) is 0 Å². The first-order valence-electron chi connectivity index (χ1n) is 10.5. The maximum Gasteiger partial charge on any atom is 0.490 e. The van der Waals surface area contributed by atoms with E-state index >= 15 is 0 Å². The van der Waals surface area contributed by atoms with Crippen molar-refractivity contribution in [2.75, 3.05) is 18.0 Å². The summed E-state index contributed by atoms with van der Waals surface area (Å²) < 4.78 is 63.5. The van der Waals surface area contributed by atoms with E-state index in [2.05, 4.69) is 49.2 Å². The van der Waals surface area contributed by atoms with Crippen LogP contribution in [0.15, 0.2) is 36.5 Å². The Labute approximate surface area is 201 Å². The van der Waals surface area contributed by atoms with Gasteiger partial charge in [0.25, 0.3) is 0 Å². The summed E-state index contributed by atoms with van der Waals surface area (Å²) in [7, 11) is 0. The number of rotatable bonds is 3. The third-order valence-corrected chi connectivity index (χ3v) is 5.35. The molecule has 2 fully saturated rings. The zero-order valence-electron chi connectivity index (χ0n) is 18.9. The standard InChI is InChI=1S/C17H21N5.2C2HF3O2/c1-13-5-6-17(20-19-13)22-11-8-15-16(22)7-10-21(15)12-14-4-2-3-9-18-14;2*3-2(4,5)1(6)7/h2-6,9,15-16H,7-8,10-12H2,1H3;2*(H,6,7). The maximum atomic E-state index is 10.6. The Hall–Kier alpha value is -3.49. The van der Waals surface area contributed by atoms with Crippen LogP contribution < -0.4 is 4.90 Å². The zero-order valence-corrected chi connectivity index (χ0v) is 18.9. The van der Waals surface area contributed by atoms with Gasteiger partial charge in [-0.25, -0.2) is 9.59 Å². The lowest BCUT2D eigenvalue weighted by atomic mass is 10.1. The average Bonchev–Trinajstić information content (AvgIpc) is 3.38. The fraction of sp³-hybridized carbons (Fsp3) is 0.476. The van der Waals surface area contributed by atoms with E-state index in [9.17, 15) is 26.3 Å². The molecule has 2 N–H and O–H groups in total. The quantitative estimate of drug-likeness (QED) is 0.584. The zero-order chi connectivity index (χ0) is 27.1. The van der Waals surface area contributed by atoms with Crippen LogP contribution in [0.2, 0.25) is 0 Å². The van der Waals surface area contributed by atoms with Crippen molar-refractivity contribution >= 4 is 17.8 Å². The number of aryl methyl sites for hydroxylation is 1. The van der Waals surface area contributed by atoms with E-state index in [-0.39, 0.29) is 0 Å². The van der Waals surface area contributed by atoms with Gasteiger partial charge < -0.3 is 15.1 Å². The molecule has 4 rings (SSSR count). The number of hydrogen-bond donors (Lipinski definition) is 2. The Bertz CT molecular complexity index is 981. The number of carboxylic acid groups (broad SMARTS) is 2. The molecule has 0 bridgehead atoms. The molecule has 0 aromatic carbocycles. The highest BCUT2D eigenvalue weighted by Crippen LogP contribution is 2.34. The normalized spacial score (nSPS) is 19.5. The lowest BCUT2D eigenvalue weighted by Gasteiger charge is -2.25. The number of anilines is 1. The second-order valence-electron chi connectivity index (χ2n) is 7.84. The first kappa shape index (κ1) is 28.7. The van der Waals surface area contributed by atoms with Crippen LogP contribution in [-0.2, 0) is 16.1 Å². The second-order valence-corrected chi connectivity index (χ2v) is 7.84. The lowest BCUT2D eigenvalue weighted by Crippen LogP contribution is -2.36. The van der Waals surface area contributed by atoms with Gasteiger partial charge >= 0.3 is 24.3 Å². The van der Waals surface area contributed by atoms with Crippen molar-refractivity contribution in [2.45, 2.75) is 50.7 Å². The number of carbonyl (C=O) groups is 2. The molecule has 2 aliphatic rings. The van der Waals surface area contributed by atoms with Crippen LogP contribution in [-0.4, -0.2) is 79.8 Å². The van der Waals surface area contributed by atoms with E-state index in [0.717, 1.165) is 36.8 Å². The van der Waals surface area contributed by atoms with Gasteiger partial charge in [-0.15, -0.1) is 5.10 Å². The molecule has 0 spiro atoms. The van der Waals surface area contributed by atoms with Gasteiger partial charge in [-0.1, -0.05) is 6.07 Å². The molecular formula is C21H23F6N5O4. The number of hydrogen-bond acceptors (Lipinski definition) is 7. The SMILES string of the molecule is Cc1ccc(N2CCC3C2CCN3Cc2ccccn2)nn1.O=C(O)C(F)(F)F.O=C(O)C(F)(F)F. The molecule has 0 radical (unpaired) electrons. The Morgan fingerprint density at radius 2 is 1.50 bits per heavy atom. The van der Waals surface area contributed by atoms with E-state index in [1.165, 1.54) is 12.8 Å². The van der Waals surface area contributed by atoms with Crippen molar-refractivity contribution in [1.29, 1.82) is 0 Å². The second kappa shape index (κ2) is 12.0. The molecule has 2 aromatic heterocycles. The molecule has 0 amide bonds. The molecule has 0 aliphatic carbocycles. The summed E-state index contributed by atoms with van der Waals surface area (Å²) in [6, 6.07) is 11.5. The number of nitrogens with zero attached hydrogens (tertiary/aromatic N) is 5. The summed E-state index contributed by atoms with van der Waals surface area (Å²) in [5.41, 5.74) is 2.14. The van der Waals surface area contributed by atoms with Gasteiger partial charge in [0.2, 0.25) is 0 Å². The van der Waals surface area contributed by atoms with E-state index < -0.39 is 24.3 Å². The molecule has 4 heterocycles. The van der Waals surface area contributed by atoms with Crippen molar-refractivity contribution in [2.24, 2.45) is 0 Å². The molecule has 0 saturated carbocycles. The number of aromatic nitrogens is 3. The summed E-state index contributed by atoms with van der Waals surface area (Å²) in [4.78, 5) is 27.3. The summed E-state index contributed by atoms with van der Waals surface area (Å²) >= 11 is 0. The van der Waals surface area contributed by atoms with Gasteiger partial charge in [-0.2, -0.15) is 31.4 Å². The minimum atomic E-state index is -5.08. The average molecular weight is 523 g/mol. The summed E-state index contributed by atoms with van der Waals surface area (Å²) in [6.07, 6.45) is -5.88. The van der Waals surface area contributed by atoms with E-state index in [4.69, 9.17) is 19.8 Å². The van der Waals surface area contributed by atoms with Crippen LogP contribution in [0.25, 0.3) is 0 Å². The monoisotopic (exact) mass is 523 g/mol.